The van der Waals surface area contributed by atoms with Gasteiger partial charge >= 0.3 is 0 Å². The number of benzene rings is 2. The molecule has 0 saturated carbocycles. The summed E-state index contributed by atoms with van der Waals surface area (Å²) in [6.07, 6.45) is 1.18. The molecule has 0 aliphatic carbocycles. The van der Waals surface area contributed by atoms with Crippen LogP contribution in [0.5, 0.6) is 0 Å². The minimum Gasteiger partial charge on any atom is -0.305 e. The van der Waals surface area contributed by atoms with Gasteiger partial charge in [-0.25, -0.2) is 0 Å². The Hall–Kier alpha value is -2.69. The highest BCUT2D eigenvalue weighted by molar-refractivity contribution is 5.95. The van der Waals surface area contributed by atoms with Crippen molar-refractivity contribution in [3.05, 3.63) is 75.3 Å². The summed E-state index contributed by atoms with van der Waals surface area (Å²) in [5.74, 6) is -0.0491. The number of amides is 1. The van der Waals surface area contributed by atoms with Crippen molar-refractivity contribution in [3.8, 4) is 0 Å². The lowest BCUT2D eigenvalue weighted by Gasteiger charge is -2.37. The van der Waals surface area contributed by atoms with Crippen molar-refractivity contribution < 1.29 is 9.72 Å². The molecule has 0 bridgehead atoms. The third-order valence-electron chi connectivity index (χ3n) is 5.04. The molecule has 0 radical (unpaired) electrons. The number of nitro groups is 1. The number of hydrogen-bond acceptors (Lipinski definition) is 3. The molecule has 130 valence electrons. The Morgan fingerprint density at radius 2 is 1.92 bits per heavy atom. The average Bonchev–Trinajstić information content (AvgIpc) is 2.63. The van der Waals surface area contributed by atoms with E-state index in [0.717, 1.165) is 23.2 Å². The van der Waals surface area contributed by atoms with E-state index >= 15 is 0 Å². The number of hydrogen-bond donors (Lipinski definition) is 0. The Bertz CT molecular complexity index is 804. The third-order valence-corrected chi connectivity index (χ3v) is 5.04. The van der Waals surface area contributed by atoms with Crippen molar-refractivity contribution in [2.24, 2.45) is 0 Å². The zero-order valence-electron chi connectivity index (χ0n) is 14.6. The van der Waals surface area contributed by atoms with Gasteiger partial charge in [0.1, 0.15) is 6.54 Å². The largest absolute Gasteiger partial charge is 0.305 e. The minimum absolute atomic E-state index is 0.0491. The van der Waals surface area contributed by atoms with Gasteiger partial charge in [-0.15, -0.1) is 0 Å². The van der Waals surface area contributed by atoms with E-state index in [9.17, 15) is 14.9 Å². The lowest BCUT2D eigenvalue weighted by Crippen LogP contribution is -2.53. The van der Waals surface area contributed by atoms with Crippen LogP contribution in [0.3, 0.4) is 0 Å². The minimum atomic E-state index is -1.26. The summed E-state index contributed by atoms with van der Waals surface area (Å²) in [5.41, 5.74) is 2.35. The molecule has 0 spiro atoms. The van der Waals surface area contributed by atoms with Crippen LogP contribution >= 0.6 is 0 Å². The van der Waals surface area contributed by atoms with Crippen LogP contribution in [-0.2, 0) is 16.8 Å². The highest BCUT2D eigenvalue weighted by Gasteiger charge is 2.51. The van der Waals surface area contributed by atoms with Crippen LogP contribution in [0.4, 0.5) is 5.69 Å². The predicted molar refractivity (Wildman–Crippen MR) is 97.3 cm³/mol. The molecule has 1 heterocycles. The van der Waals surface area contributed by atoms with Crippen molar-refractivity contribution in [2.45, 2.75) is 38.6 Å². The molecule has 2 aromatic carbocycles. The topological polar surface area (TPSA) is 63.4 Å². The van der Waals surface area contributed by atoms with Crippen molar-refractivity contribution >= 4 is 11.6 Å². The first-order valence-electron chi connectivity index (χ1n) is 8.58. The molecule has 1 amide bonds. The van der Waals surface area contributed by atoms with Gasteiger partial charge in [0, 0.05) is 29.0 Å². The fraction of sp³-hybridized carbons (Fsp3) is 0.350. The summed E-state index contributed by atoms with van der Waals surface area (Å²) in [5, 5.41) is 12.0. The van der Waals surface area contributed by atoms with Gasteiger partial charge < -0.3 is 4.90 Å². The Morgan fingerprint density at radius 3 is 2.56 bits per heavy atom. The summed E-state index contributed by atoms with van der Waals surface area (Å²) in [4.78, 5) is 26.0. The second-order valence-corrected chi connectivity index (χ2v) is 6.62. The third kappa shape index (κ3) is 3.02. The molecule has 5 heteroatoms. The second-order valence-electron chi connectivity index (χ2n) is 6.62. The molecule has 5 nitrogen and oxygen atoms in total. The smallest absolute Gasteiger partial charge is 0.265 e. The first-order chi connectivity index (χ1) is 12.0. The van der Waals surface area contributed by atoms with Crippen molar-refractivity contribution in [1.29, 1.82) is 0 Å². The van der Waals surface area contributed by atoms with Gasteiger partial charge in [0.25, 0.3) is 5.54 Å². The van der Waals surface area contributed by atoms with E-state index < -0.39 is 5.54 Å². The summed E-state index contributed by atoms with van der Waals surface area (Å²) < 4.78 is 0. The van der Waals surface area contributed by atoms with E-state index in [1.54, 1.807) is 17.0 Å². The number of piperidine rings is 1. The van der Waals surface area contributed by atoms with Crippen molar-refractivity contribution in [2.75, 3.05) is 11.4 Å². The van der Waals surface area contributed by atoms with E-state index in [0.29, 0.717) is 5.56 Å². The quantitative estimate of drug-likeness (QED) is 0.628. The van der Waals surface area contributed by atoms with Gasteiger partial charge in [-0.05, 0) is 25.0 Å². The highest BCUT2D eigenvalue weighted by atomic mass is 16.6. The molecule has 1 saturated heterocycles. The van der Waals surface area contributed by atoms with E-state index in [1.807, 2.05) is 50.2 Å². The van der Waals surface area contributed by atoms with Crippen LogP contribution < -0.4 is 4.90 Å². The molecule has 25 heavy (non-hydrogen) atoms. The Balaban J connectivity index is 2.07. The SMILES string of the molecule is CCc1cc(C)ccc1N1CC(c2ccccc2)([N+](=O)[O-])CCC1=O. The van der Waals surface area contributed by atoms with Crippen LogP contribution in [0.1, 0.15) is 36.5 Å². The monoisotopic (exact) mass is 338 g/mol. The molecular formula is C20H22N2O3. The summed E-state index contributed by atoms with van der Waals surface area (Å²) in [7, 11) is 0. The van der Waals surface area contributed by atoms with E-state index in [1.165, 1.54) is 0 Å². The molecule has 1 unspecified atom stereocenters. The number of carbonyl (C=O) groups excluding carboxylic acids is 1. The summed E-state index contributed by atoms with van der Waals surface area (Å²) in [6, 6.07) is 14.9. The molecule has 1 aliphatic heterocycles. The van der Waals surface area contributed by atoms with Gasteiger partial charge in [0.2, 0.25) is 5.91 Å². The molecule has 1 aliphatic rings. The van der Waals surface area contributed by atoms with Crippen LogP contribution in [-0.4, -0.2) is 17.4 Å². The standard InChI is InChI=1S/C20H22N2O3/c1-3-16-13-15(2)9-10-18(16)21-14-20(22(24)25,12-11-19(21)23)17-7-5-4-6-8-17/h4-10,13H,3,11-12,14H2,1-2H3. The molecule has 0 aromatic heterocycles. The zero-order valence-corrected chi connectivity index (χ0v) is 14.6. The number of nitrogens with zero attached hydrogens (tertiary/aromatic N) is 2. The number of carbonyl (C=O) groups is 1. The highest BCUT2D eigenvalue weighted by Crippen LogP contribution is 2.38. The van der Waals surface area contributed by atoms with E-state index in [-0.39, 0.29) is 30.2 Å². The fourth-order valence-electron chi connectivity index (χ4n) is 3.60. The summed E-state index contributed by atoms with van der Waals surface area (Å²) >= 11 is 0. The Labute approximate surface area is 147 Å². The maximum Gasteiger partial charge on any atom is 0.265 e. The molecule has 1 atom stereocenters. The number of anilines is 1. The Morgan fingerprint density at radius 1 is 1.20 bits per heavy atom. The van der Waals surface area contributed by atoms with Gasteiger partial charge in [-0.3, -0.25) is 14.9 Å². The maximum absolute atomic E-state index is 12.6. The molecule has 1 fully saturated rings. The van der Waals surface area contributed by atoms with Crippen molar-refractivity contribution in [3.63, 3.8) is 0 Å². The average molecular weight is 338 g/mol. The molecule has 0 N–H and O–H groups in total. The number of rotatable bonds is 4. The zero-order chi connectivity index (χ0) is 18.0. The first kappa shape index (κ1) is 17.1. The van der Waals surface area contributed by atoms with Gasteiger partial charge in [-0.2, -0.15) is 0 Å². The summed E-state index contributed by atoms with van der Waals surface area (Å²) in [6.45, 7) is 4.11. The number of aryl methyl sites for hydroxylation is 2. The van der Waals surface area contributed by atoms with E-state index in [2.05, 4.69) is 0 Å². The van der Waals surface area contributed by atoms with Crippen LogP contribution in [0.15, 0.2) is 48.5 Å². The van der Waals surface area contributed by atoms with Gasteiger partial charge in [-0.1, -0.05) is 55.0 Å². The predicted octanol–water partition coefficient (Wildman–Crippen LogP) is 3.86. The normalized spacial score (nSPS) is 20.6. The van der Waals surface area contributed by atoms with Gasteiger partial charge in [0.05, 0.1) is 0 Å². The lowest BCUT2D eigenvalue weighted by molar-refractivity contribution is -0.578. The molecule has 3 rings (SSSR count). The van der Waals surface area contributed by atoms with Crippen molar-refractivity contribution in [1.82, 2.24) is 0 Å². The van der Waals surface area contributed by atoms with E-state index in [4.69, 9.17) is 0 Å². The van der Waals surface area contributed by atoms with Crippen LogP contribution in [0, 0.1) is 17.0 Å². The lowest BCUT2D eigenvalue weighted by atomic mass is 9.82. The Kier molecular flexibility index (Phi) is 4.57. The maximum atomic E-state index is 12.6. The van der Waals surface area contributed by atoms with Crippen LogP contribution in [0.25, 0.3) is 0 Å². The van der Waals surface area contributed by atoms with Crippen LogP contribution in [0.2, 0.25) is 0 Å². The molecular weight excluding hydrogens is 316 g/mol. The molecule has 2 aromatic rings. The first-order valence-corrected chi connectivity index (χ1v) is 8.58. The second kappa shape index (κ2) is 6.67. The fourth-order valence-corrected chi connectivity index (χ4v) is 3.60. The van der Waals surface area contributed by atoms with Gasteiger partial charge in [0.15, 0.2) is 0 Å².